The Hall–Kier alpha value is -4.91. The number of fused-ring (bicyclic) bond motifs is 1. The Labute approximate surface area is 263 Å². The second kappa shape index (κ2) is 11.2. The minimum atomic E-state index is -0.840. The molecule has 1 aromatic heterocycles. The summed E-state index contributed by atoms with van der Waals surface area (Å²) in [6, 6.07) is 28.4. The van der Waals surface area contributed by atoms with Crippen LogP contribution in [0.5, 0.6) is 5.75 Å². The molecule has 1 saturated heterocycles. The number of amides is 2. The molecule has 2 heterocycles. The Balaban J connectivity index is 1.32. The van der Waals surface area contributed by atoms with Gasteiger partial charge in [-0.25, -0.2) is 0 Å². The number of methoxy groups -OCH3 is 1. The highest BCUT2D eigenvalue weighted by Gasteiger charge is 2.70. The predicted octanol–water partition coefficient (Wildman–Crippen LogP) is 5.29. The normalized spacial score (nSPS) is 24.7. The molecule has 2 amide bonds. The van der Waals surface area contributed by atoms with Gasteiger partial charge in [0.1, 0.15) is 5.75 Å². The number of benzene rings is 3. The van der Waals surface area contributed by atoms with Crippen LogP contribution in [0.25, 0.3) is 6.08 Å². The first-order chi connectivity index (χ1) is 21.9. The minimum Gasteiger partial charge on any atom is -0.619 e. The van der Waals surface area contributed by atoms with Gasteiger partial charge in [-0.1, -0.05) is 72.3 Å². The van der Waals surface area contributed by atoms with Gasteiger partial charge in [0, 0.05) is 60.2 Å². The minimum absolute atomic E-state index is 0.0396. The molecule has 228 valence electrons. The zero-order valence-corrected chi connectivity index (χ0v) is 25.6. The Bertz CT molecular complexity index is 1800. The number of carbonyl (C=O) groups is 2. The van der Waals surface area contributed by atoms with E-state index in [0.29, 0.717) is 18.8 Å². The third-order valence-corrected chi connectivity index (χ3v) is 10.5. The molecule has 45 heavy (non-hydrogen) atoms. The van der Waals surface area contributed by atoms with Crippen LogP contribution in [0.2, 0.25) is 0 Å². The molecular weight excluding hydrogens is 562 g/mol. The molecule has 4 aromatic rings. The summed E-state index contributed by atoms with van der Waals surface area (Å²) < 4.78 is 6.24. The Morgan fingerprint density at radius 1 is 1.04 bits per heavy atom. The van der Waals surface area contributed by atoms with Gasteiger partial charge in [-0.15, -0.1) is 0 Å². The van der Waals surface area contributed by atoms with Gasteiger partial charge in [-0.3, -0.25) is 9.59 Å². The maximum Gasteiger partial charge on any atom is 0.246 e. The quantitative estimate of drug-likeness (QED) is 0.178. The molecule has 1 N–H and O–H groups in total. The van der Waals surface area contributed by atoms with E-state index in [1.54, 1.807) is 25.3 Å². The Morgan fingerprint density at radius 3 is 2.62 bits per heavy atom. The molecule has 7 nitrogen and oxygen atoms in total. The molecule has 3 aliphatic carbocycles. The van der Waals surface area contributed by atoms with Crippen LogP contribution in [0.1, 0.15) is 52.1 Å². The lowest BCUT2D eigenvalue weighted by molar-refractivity contribution is -0.605. The number of para-hydroxylation sites is 1. The van der Waals surface area contributed by atoms with E-state index >= 15 is 0 Å². The highest BCUT2D eigenvalue weighted by molar-refractivity contribution is 5.94. The van der Waals surface area contributed by atoms with E-state index in [1.165, 1.54) is 34.6 Å². The van der Waals surface area contributed by atoms with Crippen LogP contribution in [0, 0.1) is 23.5 Å². The van der Waals surface area contributed by atoms with Crippen LogP contribution in [-0.2, 0) is 21.5 Å². The van der Waals surface area contributed by atoms with Crippen molar-refractivity contribution in [2.75, 3.05) is 20.2 Å². The van der Waals surface area contributed by atoms with Crippen molar-refractivity contribution in [2.24, 2.45) is 11.3 Å². The lowest BCUT2D eigenvalue weighted by Gasteiger charge is -2.60. The van der Waals surface area contributed by atoms with E-state index in [2.05, 4.69) is 60.8 Å². The topological polar surface area (TPSA) is 85.6 Å². The number of pyridine rings is 1. The molecule has 0 radical (unpaired) electrons. The average molecular weight is 600 g/mol. The number of hydrogen-bond acceptors (Lipinski definition) is 4. The summed E-state index contributed by atoms with van der Waals surface area (Å²) >= 11 is 0. The molecule has 2 fully saturated rings. The summed E-state index contributed by atoms with van der Waals surface area (Å²) in [7, 11) is 1.62. The molecule has 1 aliphatic heterocycles. The van der Waals surface area contributed by atoms with Gasteiger partial charge in [-0.05, 0) is 54.7 Å². The lowest BCUT2D eigenvalue weighted by atomic mass is 9.42. The molecule has 1 saturated carbocycles. The van der Waals surface area contributed by atoms with Gasteiger partial charge >= 0.3 is 0 Å². The number of likely N-dealkylation sites (tertiary alicyclic amines) is 1. The monoisotopic (exact) mass is 599 g/mol. The van der Waals surface area contributed by atoms with Crippen molar-refractivity contribution in [3.8, 4) is 5.75 Å². The maximum atomic E-state index is 14.7. The van der Waals surface area contributed by atoms with Crippen LogP contribution < -0.4 is 14.8 Å². The van der Waals surface area contributed by atoms with Crippen LogP contribution in [-0.4, -0.2) is 36.9 Å². The standard InChI is InChI=1S/C38H37N3O4/c1-26-13-16-29(17-14-26)37-20-19-32(30-10-4-5-11-31(30)37)38(36(43)39-22-27-8-7-21-41(44)23-27)25-40(24-34(37)38)35(42)18-15-28-9-3-6-12-33(28)45-2/h3-18,21,23,32,34H,19-20,22,24-25H2,1-2H3,(H,39,43)/b18-15+/t32-,34-,37-,38-/m0/s1. The van der Waals surface area contributed by atoms with Crippen molar-refractivity contribution in [2.45, 2.75) is 37.6 Å². The highest BCUT2D eigenvalue weighted by Crippen LogP contribution is 2.69. The first-order valence-electron chi connectivity index (χ1n) is 15.6. The largest absolute Gasteiger partial charge is 0.619 e. The van der Waals surface area contributed by atoms with Gasteiger partial charge in [0.05, 0.1) is 12.5 Å². The molecule has 4 atom stereocenters. The summed E-state index contributed by atoms with van der Waals surface area (Å²) in [5.74, 6) is 0.334. The van der Waals surface area contributed by atoms with Crippen LogP contribution in [0.4, 0.5) is 0 Å². The molecule has 4 aliphatic rings. The number of aryl methyl sites for hydroxylation is 1. The average Bonchev–Trinajstić information content (AvgIpc) is 3.51. The Kier molecular flexibility index (Phi) is 7.19. The second-order valence-corrected chi connectivity index (χ2v) is 12.7. The molecular formula is C38H37N3O4. The first kappa shape index (κ1) is 28.8. The smallest absolute Gasteiger partial charge is 0.246 e. The third-order valence-electron chi connectivity index (χ3n) is 10.5. The summed E-state index contributed by atoms with van der Waals surface area (Å²) in [5.41, 5.74) is 5.12. The molecule has 7 heteroatoms. The Morgan fingerprint density at radius 2 is 1.82 bits per heavy atom. The van der Waals surface area contributed by atoms with Crippen molar-refractivity contribution >= 4 is 17.9 Å². The van der Waals surface area contributed by atoms with Crippen molar-refractivity contribution in [3.63, 3.8) is 0 Å². The van der Waals surface area contributed by atoms with Crippen LogP contribution in [0.15, 0.2) is 103 Å². The van der Waals surface area contributed by atoms with Gasteiger partial charge in [0.2, 0.25) is 11.8 Å². The first-order valence-corrected chi connectivity index (χ1v) is 15.6. The van der Waals surface area contributed by atoms with Gasteiger partial charge in [-0.2, -0.15) is 4.73 Å². The number of nitrogens with one attached hydrogen (secondary N) is 1. The second-order valence-electron chi connectivity index (χ2n) is 12.7. The van der Waals surface area contributed by atoms with Crippen molar-refractivity contribution in [3.05, 3.63) is 142 Å². The number of ether oxygens (including phenoxy) is 1. The lowest BCUT2D eigenvalue weighted by Crippen LogP contribution is -2.62. The van der Waals surface area contributed by atoms with Crippen molar-refractivity contribution < 1.29 is 19.1 Å². The fraction of sp³-hybridized carbons (Fsp3) is 0.289. The predicted molar refractivity (Wildman–Crippen MR) is 172 cm³/mol. The van der Waals surface area contributed by atoms with E-state index in [9.17, 15) is 14.8 Å². The number of hydrogen-bond donors (Lipinski definition) is 1. The maximum absolute atomic E-state index is 14.7. The third kappa shape index (κ3) is 4.60. The number of nitrogens with zero attached hydrogens (tertiary/aromatic N) is 2. The number of rotatable bonds is 7. The number of carbonyl (C=O) groups excluding carboxylic acids is 2. The summed E-state index contributed by atoms with van der Waals surface area (Å²) in [4.78, 5) is 30.6. The van der Waals surface area contributed by atoms with Crippen LogP contribution >= 0.6 is 0 Å². The summed E-state index contributed by atoms with van der Waals surface area (Å²) in [5, 5.41) is 15.2. The van der Waals surface area contributed by atoms with Gasteiger partial charge in [0.25, 0.3) is 0 Å². The van der Waals surface area contributed by atoms with Crippen LogP contribution in [0.3, 0.4) is 0 Å². The molecule has 8 rings (SSSR count). The zero-order valence-electron chi connectivity index (χ0n) is 25.6. The molecule has 0 unspecified atom stereocenters. The fourth-order valence-corrected chi connectivity index (χ4v) is 8.52. The fourth-order valence-electron chi connectivity index (χ4n) is 8.52. The SMILES string of the molecule is COc1ccccc1/C=C/C(=O)N1C[C@H]2[C@]3(c4ccc(C)cc4)CC[C@@H](c4ccccc43)[C@@]2(C(=O)NCc2ccc[n+]([O-])c2)C1. The van der Waals surface area contributed by atoms with E-state index in [4.69, 9.17) is 4.74 Å². The number of aromatic nitrogens is 1. The van der Waals surface area contributed by atoms with Gasteiger partial charge in [0.15, 0.2) is 12.4 Å². The molecule has 3 aromatic carbocycles. The van der Waals surface area contributed by atoms with E-state index in [1.807, 2.05) is 35.2 Å². The zero-order chi connectivity index (χ0) is 31.2. The van der Waals surface area contributed by atoms with Gasteiger partial charge < -0.3 is 20.2 Å². The van der Waals surface area contributed by atoms with E-state index in [0.717, 1.165) is 28.7 Å². The highest BCUT2D eigenvalue weighted by atomic mass is 16.5. The van der Waals surface area contributed by atoms with Crippen molar-refractivity contribution in [1.29, 1.82) is 0 Å². The molecule has 2 bridgehead atoms. The summed E-state index contributed by atoms with van der Waals surface area (Å²) in [6.45, 7) is 3.11. The molecule has 0 spiro atoms. The van der Waals surface area contributed by atoms with E-state index in [-0.39, 0.29) is 30.2 Å². The van der Waals surface area contributed by atoms with Crippen molar-refractivity contribution in [1.82, 2.24) is 10.2 Å². The summed E-state index contributed by atoms with van der Waals surface area (Å²) in [6.07, 6.45) is 8.07. The van der Waals surface area contributed by atoms with E-state index < -0.39 is 10.8 Å².